The van der Waals surface area contributed by atoms with Crippen LogP contribution in [0.25, 0.3) is 0 Å². The highest BCUT2D eigenvalue weighted by molar-refractivity contribution is 5.19. The summed E-state index contributed by atoms with van der Waals surface area (Å²) >= 11 is 0. The number of hydrogen-bond donors (Lipinski definition) is 1. The first-order valence-corrected chi connectivity index (χ1v) is 7.10. The Morgan fingerprint density at radius 1 is 1.24 bits per heavy atom. The van der Waals surface area contributed by atoms with Crippen LogP contribution in [0, 0.1) is 5.92 Å². The average Bonchev–Trinajstić information content (AvgIpc) is 2.75. The molecule has 1 nitrogen and oxygen atoms in total. The summed E-state index contributed by atoms with van der Waals surface area (Å²) in [6.45, 7) is 4.65. The zero-order valence-electron chi connectivity index (χ0n) is 11.2. The van der Waals surface area contributed by atoms with Crippen molar-refractivity contribution in [3.63, 3.8) is 0 Å². The topological polar surface area (TPSA) is 12.0 Å². The summed E-state index contributed by atoms with van der Waals surface area (Å²) in [7, 11) is 0. The molecule has 0 aromatic heterocycles. The van der Waals surface area contributed by atoms with Crippen LogP contribution in [0.3, 0.4) is 0 Å². The zero-order valence-corrected chi connectivity index (χ0v) is 11.2. The second-order valence-electron chi connectivity index (χ2n) is 5.53. The standard InChI is InChI=1S/C16H25N/c1-3-7-16(14-8-5-4-6-9-14)17-15-11-10-13(2)12-15/h4-6,8-9,13,15-17H,3,7,10-12H2,1-2H3. The van der Waals surface area contributed by atoms with Crippen molar-refractivity contribution in [3.8, 4) is 0 Å². The van der Waals surface area contributed by atoms with Gasteiger partial charge in [-0.1, -0.05) is 50.6 Å². The smallest absolute Gasteiger partial charge is 0.0322 e. The first kappa shape index (κ1) is 12.6. The molecule has 1 saturated carbocycles. The van der Waals surface area contributed by atoms with E-state index in [4.69, 9.17) is 0 Å². The second kappa shape index (κ2) is 6.20. The lowest BCUT2D eigenvalue weighted by atomic mass is 10.0. The Morgan fingerprint density at radius 3 is 2.59 bits per heavy atom. The first-order valence-electron chi connectivity index (χ1n) is 7.10. The lowest BCUT2D eigenvalue weighted by Gasteiger charge is -2.23. The average molecular weight is 231 g/mol. The quantitative estimate of drug-likeness (QED) is 0.796. The van der Waals surface area contributed by atoms with Crippen molar-refractivity contribution >= 4 is 0 Å². The third-order valence-corrected chi connectivity index (χ3v) is 3.91. The van der Waals surface area contributed by atoms with Crippen molar-refractivity contribution in [2.45, 2.75) is 58.0 Å². The Kier molecular flexibility index (Phi) is 4.61. The van der Waals surface area contributed by atoms with Gasteiger partial charge in [0.2, 0.25) is 0 Å². The van der Waals surface area contributed by atoms with Gasteiger partial charge in [0.15, 0.2) is 0 Å². The minimum atomic E-state index is 0.552. The van der Waals surface area contributed by atoms with Crippen LogP contribution in [0.5, 0.6) is 0 Å². The van der Waals surface area contributed by atoms with Crippen LogP contribution in [-0.4, -0.2) is 6.04 Å². The maximum atomic E-state index is 3.86. The summed E-state index contributed by atoms with van der Waals surface area (Å²) in [4.78, 5) is 0. The summed E-state index contributed by atoms with van der Waals surface area (Å²) in [5.41, 5.74) is 1.45. The summed E-state index contributed by atoms with van der Waals surface area (Å²) in [5, 5.41) is 3.86. The predicted octanol–water partition coefficient (Wildman–Crippen LogP) is 4.31. The molecule has 0 heterocycles. The molecule has 3 atom stereocenters. The summed E-state index contributed by atoms with van der Waals surface area (Å²) in [6.07, 6.45) is 6.59. The molecule has 3 unspecified atom stereocenters. The van der Waals surface area contributed by atoms with Gasteiger partial charge in [0, 0.05) is 12.1 Å². The molecule has 94 valence electrons. The highest BCUT2D eigenvalue weighted by Gasteiger charge is 2.23. The van der Waals surface area contributed by atoms with Crippen LogP contribution in [0.15, 0.2) is 30.3 Å². The van der Waals surface area contributed by atoms with Gasteiger partial charge in [0.05, 0.1) is 0 Å². The maximum Gasteiger partial charge on any atom is 0.0322 e. The first-order chi connectivity index (χ1) is 8.29. The molecule has 2 rings (SSSR count). The molecule has 1 N–H and O–H groups in total. The normalized spacial score (nSPS) is 26.0. The third-order valence-electron chi connectivity index (χ3n) is 3.91. The molecule has 0 bridgehead atoms. The minimum absolute atomic E-state index is 0.552. The van der Waals surface area contributed by atoms with E-state index < -0.39 is 0 Å². The van der Waals surface area contributed by atoms with E-state index in [1.165, 1.54) is 37.7 Å². The molecule has 0 amide bonds. The molecular formula is C16H25N. The lowest BCUT2D eigenvalue weighted by molar-refractivity contribution is 0.409. The SMILES string of the molecule is CCCC(NC1CCC(C)C1)c1ccccc1. The Labute approximate surface area is 106 Å². The molecule has 1 aliphatic carbocycles. The van der Waals surface area contributed by atoms with Crippen molar-refractivity contribution in [3.05, 3.63) is 35.9 Å². The molecule has 1 aromatic carbocycles. The molecule has 0 spiro atoms. The largest absolute Gasteiger partial charge is 0.307 e. The van der Waals surface area contributed by atoms with Crippen LogP contribution in [-0.2, 0) is 0 Å². The van der Waals surface area contributed by atoms with Crippen molar-refractivity contribution < 1.29 is 0 Å². The Balaban J connectivity index is 1.98. The molecule has 1 fully saturated rings. The van der Waals surface area contributed by atoms with E-state index in [1.54, 1.807) is 0 Å². The van der Waals surface area contributed by atoms with Gasteiger partial charge < -0.3 is 5.32 Å². The van der Waals surface area contributed by atoms with Gasteiger partial charge in [-0.05, 0) is 37.2 Å². The number of benzene rings is 1. The molecule has 0 aliphatic heterocycles. The molecule has 17 heavy (non-hydrogen) atoms. The van der Waals surface area contributed by atoms with Crippen LogP contribution < -0.4 is 5.32 Å². The monoisotopic (exact) mass is 231 g/mol. The Morgan fingerprint density at radius 2 is 2.00 bits per heavy atom. The number of rotatable bonds is 5. The van der Waals surface area contributed by atoms with E-state index in [9.17, 15) is 0 Å². The van der Waals surface area contributed by atoms with Crippen LogP contribution >= 0.6 is 0 Å². The fourth-order valence-corrected chi connectivity index (χ4v) is 2.96. The Bertz CT molecular complexity index is 320. The predicted molar refractivity (Wildman–Crippen MR) is 74.0 cm³/mol. The Hall–Kier alpha value is -0.820. The van der Waals surface area contributed by atoms with Gasteiger partial charge in [-0.3, -0.25) is 0 Å². The zero-order chi connectivity index (χ0) is 12.1. The van der Waals surface area contributed by atoms with Crippen molar-refractivity contribution in [2.75, 3.05) is 0 Å². The molecule has 0 saturated heterocycles. The van der Waals surface area contributed by atoms with E-state index in [1.807, 2.05) is 0 Å². The van der Waals surface area contributed by atoms with Gasteiger partial charge in [-0.15, -0.1) is 0 Å². The minimum Gasteiger partial charge on any atom is -0.307 e. The summed E-state index contributed by atoms with van der Waals surface area (Å²) in [6, 6.07) is 12.2. The van der Waals surface area contributed by atoms with Crippen molar-refractivity contribution in [2.24, 2.45) is 5.92 Å². The van der Waals surface area contributed by atoms with E-state index >= 15 is 0 Å². The van der Waals surface area contributed by atoms with E-state index in [2.05, 4.69) is 49.5 Å². The summed E-state index contributed by atoms with van der Waals surface area (Å²) < 4.78 is 0. The third kappa shape index (κ3) is 3.57. The maximum absolute atomic E-state index is 3.86. The fraction of sp³-hybridized carbons (Fsp3) is 0.625. The second-order valence-corrected chi connectivity index (χ2v) is 5.53. The van der Waals surface area contributed by atoms with Crippen molar-refractivity contribution in [1.82, 2.24) is 5.32 Å². The molecular weight excluding hydrogens is 206 g/mol. The van der Waals surface area contributed by atoms with E-state index in [0.29, 0.717) is 6.04 Å². The fourth-order valence-electron chi connectivity index (χ4n) is 2.96. The lowest BCUT2D eigenvalue weighted by Crippen LogP contribution is -2.30. The molecule has 1 aromatic rings. The van der Waals surface area contributed by atoms with Gasteiger partial charge in [-0.25, -0.2) is 0 Å². The summed E-state index contributed by atoms with van der Waals surface area (Å²) in [5.74, 6) is 0.908. The molecule has 0 radical (unpaired) electrons. The van der Waals surface area contributed by atoms with E-state index in [-0.39, 0.29) is 0 Å². The van der Waals surface area contributed by atoms with Crippen LogP contribution in [0.1, 0.15) is 57.6 Å². The number of hydrogen-bond acceptors (Lipinski definition) is 1. The molecule has 1 aliphatic rings. The van der Waals surface area contributed by atoms with Crippen molar-refractivity contribution in [1.29, 1.82) is 0 Å². The number of nitrogens with one attached hydrogen (secondary N) is 1. The van der Waals surface area contributed by atoms with E-state index in [0.717, 1.165) is 12.0 Å². The molecule has 1 heteroatoms. The highest BCUT2D eigenvalue weighted by atomic mass is 15.0. The van der Waals surface area contributed by atoms with Gasteiger partial charge in [0.1, 0.15) is 0 Å². The van der Waals surface area contributed by atoms with Crippen LogP contribution in [0.2, 0.25) is 0 Å². The highest BCUT2D eigenvalue weighted by Crippen LogP contribution is 2.28. The van der Waals surface area contributed by atoms with Gasteiger partial charge in [-0.2, -0.15) is 0 Å². The van der Waals surface area contributed by atoms with Crippen LogP contribution in [0.4, 0.5) is 0 Å². The van der Waals surface area contributed by atoms with Gasteiger partial charge in [0.25, 0.3) is 0 Å². The van der Waals surface area contributed by atoms with Gasteiger partial charge >= 0.3 is 0 Å².